The average Bonchev–Trinajstić information content (AvgIpc) is 2.72. The summed E-state index contributed by atoms with van der Waals surface area (Å²) in [6, 6.07) is 3.68. The molecular formula is C12H14N4O. The van der Waals surface area contributed by atoms with Crippen molar-refractivity contribution in [2.75, 3.05) is 0 Å². The summed E-state index contributed by atoms with van der Waals surface area (Å²) in [7, 11) is 0. The molecule has 1 amide bonds. The number of pyridine rings is 1. The lowest BCUT2D eigenvalue weighted by molar-refractivity contribution is 0.0945. The Labute approximate surface area is 99.3 Å². The minimum Gasteiger partial charge on any atom is -0.346 e. The third-order valence-electron chi connectivity index (χ3n) is 2.60. The molecule has 17 heavy (non-hydrogen) atoms. The largest absolute Gasteiger partial charge is 0.346 e. The SMILES string of the molecule is Cc1cccnc1C(=O)NCc1cn[nH]c1C. The predicted molar refractivity (Wildman–Crippen MR) is 63.5 cm³/mol. The van der Waals surface area contributed by atoms with E-state index in [1.165, 1.54) is 0 Å². The van der Waals surface area contributed by atoms with Crippen molar-refractivity contribution < 1.29 is 4.79 Å². The number of aromatic nitrogens is 3. The molecule has 2 aromatic heterocycles. The van der Waals surface area contributed by atoms with Crippen molar-refractivity contribution >= 4 is 5.91 Å². The summed E-state index contributed by atoms with van der Waals surface area (Å²) in [6.45, 7) is 4.24. The number of H-pyrrole nitrogens is 1. The molecular weight excluding hydrogens is 216 g/mol. The highest BCUT2D eigenvalue weighted by Gasteiger charge is 2.10. The molecule has 0 fully saturated rings. The van der Waals surface area contributed by atoms with Crippen LogP contribution in [0.3, 0.4) is 0 Å². The third-order valence-corrected chi connectivity index (χ3v) is 2.60. The Morgan fingerprint density at radius 3 is 2.94 bits per heavy atom. The van der Waals surface area contributed by atoms with Crippen LogP contribution in [0.25, 0.3) is 0 Å². The Bertz CT molecular complexity index is 533. The monoisotopic (exact) mass is 230 g/mol. The van der Waals surface area contributed by atoms with Gasteiger partial charge in [0.15, 0.2) is 0 Å². The lowest BCUT2D eigenvalue weighted by atomic mass is 10.2. The van der Waals surface area contributed by atoms with E-state index in [0.717, 1.165) is 16.8 Å². The van der Waals surface area contributed by atoms with Crippen LogP contribution in [0.4, 0.5) is 0 Å². The van der Waals surface area contributed by atoms with E-state index in [9.17, 15) is 4.79 Å². The lowest BCUT2D eigenvalue weighted by Crippen LogP contribution is -2.24. The van der Waals surface area contributed by atoms with E-state index in [1.807, 2.05) is 26.0 Å². The Hall–Kier alpha value is -2.17. The molecule has 0 aliphatic rings. The molecule has 88 valence electrons. The van der Waals surface area contributed by atoms with Crippen molar-refractivity contribution in [3.8, 4) is 0 Å². The van der Waals surface area contributed by atoms with Crippen molar-refractivity contribution in [2.45, 2.75) is 20.4 Å². The van der Waals surface area contributed by atoms with Gasteiger partial charge in [-0.1, -0.05) is 6.07 Å². The first-order valence-corrected chi connectivity index (χ1v) is 5.37. The summed E-state index contributed by atoms with van der Waals surface area (Å²) >= 11 is 0. The molecule has 2 aromatic rings. The molecule has 0 bridgehead atoms. The van der Waals surface area contributed by atoms with Gasteiger partial charge in [0.05, 0.1) is 6.20 Å². The van der Waals surface area contributed by atoms with Crippen LogP contribution >= 0.6 is 0 Å². The molecule has 0 radical (unpaired) electrons. The fourth-order valence-electron chi connectivity index (χ4n) is 1.54. The van der Waals surface area contributed by atoms with Gasteiger partial charge in [-0.2, -0.15) is 5.10 Å². The minimum atomic E-state index is -0.163. The van der Waals surface area contributed by atoms with Gasteiger partial charge in [-0.05, 0) is 25.5 Å². The summed E-state index contributed by atoms with van der Waals surface area (Å²) in [6.07, 6.45) is 3.33. The fraction of sp³-hybridized carbons (Fsp3) is 0.250. The van der Waals surface area contributed by atoms with Crippen LogP contribution in [0.5, 0.6) is 0 Å². The number of hydrogen-bond donors (Lipinski definition) is 2. The number of hydrogen-bond acceptors (Lipinski definition) is 3. The van der Waals surface area contributed by atoms with Crippen LogP contribution in [-0.4, -0.2) is 21.1 Å². The summed E-state index contributed by atoms with van der Waals surface area (Å²) in [5, 5.41) is 9.55. The summed E-state index contributed by atoms with van der Waals surface area (Å²) in [4.78, 5) is 15.9. The summed E-state index contributed by atoms with van der Waals surface area (Å²) in [5.74, 6) is -0.163. The second kappa shape index (κ2) is 4.78. The van der Waals surface area contributed by atoms with E-state index in [4.69, 9.17) is 0 Å². The quantitative estimate of drug-likeness (QED) is 0.836. The van der Waals surface area contributed by atoms with Crippen LogP contribution in [0, 0.1) is 13.8 Å². The number of amides is 1. The Morgan fingerprint density at radius 2 is 2.29 bits per heavy atom. The molecule has 0 saturated carbocycles. The van der Waals surface area contributed by atoms with Gasteiger partial charge in [-0.3, -0.25) is 14.9 Å². The van der Waals surface area contributed by atoms with Crippen LogP contribution in [-0.2, 0) is 6.54 Å². The number of carbonyl (C=O) groups is 1. The smallest absolute Gasteiger partial charge is 0.270 e. The molecule has 0 unspecified atom stereocenters. The zero-order chi connectivity index (χ0) is 12.3. The number of nitrogens with one attached hydrogen (secondary N) is 2. The van der Waals surface area contributed by atoms with Gasteiger partial charge in [0, 0.05) is 24.0 Å². The zero-order valence-corrected chi connectivity index (χ0v) is 9.82. The maximum Gasteiger partial charge on any atom is 0.270 e. The molecule has 5 heteroatoms. The fourth-order valence-corrected chi connectivity index (χ4v) is 1.54. The van der Waals surface area contributed by atoms with E-state index < -0.39 is 0 Å². The molecule has 2 N–H and O–H groups in total. The molecule has 0 atom stereocenters. The van der Waals surface area contributed by atoms with E-state index in [0.29, 0.717) is 12.2 Å². The van der Waals surface area contributed by atoms with E-state index in [2.05, 4.69) is 20.5 Å². The number of rotatable bonds is 3. The van der Waals surface area contributed by atoms with Gasteiger partial charge < -0.3 is 5.32 Å². The summed E-state index contributed by atoms with van der Waals surface area (Å²) < 4.78 is 0. The molecule has 2 rings (SSSR count). The van der Waals surface area contributed by atoms with Crippen LogP contribution in [0.15, 0.2) is 24.5 Å². The maximum atomic E-state index is 11.9. The van der Waals surface area contributed by atoms with E-state index in [1.54, 1.807) is 12.4 Å². The van der Waals surface area contributed by atoms with Crippen LogP contribution < -0.4 is 5.32 Å². The lowest BCUT2D eigenvalue weighted by Gasteiger charge is -2.05. The second-order valence-corrected chi connectivity index (χ2v) is 3.87. The highest BCUT2D eigenvalue weighted by atomic mass is 16.1. The van der Waals surface area contributed by atoms with E-state index in [-0.39, 0.29) is 5.91 Å². The van der Waals surface area contributed by atoms with Crippen molar-refractivity contribution in [1.29, 1.82) is 0 Å². The number of aromatic amines is 1. The molecule has 0 aromatic carbocycles. The Kier molecular flexibility index (Phi) is 3.18. The Morgan fingerprint density at radius 1 is 1.47 bits per heavy atom. The first-order chi connectivity index (χ1) is 8.18. The van der Waals surface area contributed by atoms with E-state index >= 15 is 0 Å². The maximum absolute atomic E-state index is 11.9. The zero-order valence-electron chi connectivity index (χ0n) is 9.82. The van der Waals surface area contributed by atoms with Crippen molar-refractivity contribution in [1.82, 2.24) is 20.5 Å². The average molecular weight is 230 g/mol. The van der Waals surface area contributed by atoms with Gasteiger partial charge in [0.2, 0.25) is 0 Å². The first-order valence-electron chi connectivity index (χ1n) is 5.37. The number of carbonyl (C=O) groups excluding carboxylic acids is 1. The van der Waals surface area contributed by atoms with Crippen LogP contribution in [0.1, 0.15) is 27.3 Å². The third kappa shape index (κ3) is 2.50. The van der Waals surface area contributed by atoms with Gasteiger partial charge in [-0.25, -0.2) is 0 Å². The Balaban J connectivity index is 2.04. The first kappa shape index (κ1) is 11.3. The molecule has 0 saturated heterocycles. The van der Waals surface area contributed by atoms with Gasteiger partial charge in [-0.15, -0.1) is 0 Å². The predicted octanol–water partition coefficient (Wildman–Crippen LogP) is 1.35. The molecule has 0 aliphatic heterocycles. The standard InChI is InChI=1S/C12H14N4O/c1-8-4-3-5-13-11(8)12(17)14-6-10-7-15-16-9(10)2/h3-5,7H,6H2,1-2H3,(H,14,17)(H,15,16). The normalized spacial score (nSPS) is 10.2. The molecule has 0 spiro atoms. The molecule has 5 nitrogen and oxygen atoms in total. The molecule has 2 heterocycles. The highest BCUT2D eigenvalue weighted by Crippen LogP contribution is 2.05. The van der Waals surface area contributed by atoms with Gasteiger partial charge in [0.25, 0.3) is 5.91 Å². The second-order valence-electron chi connectivity index (χ2n) is 3.87. The highest BCUT2D eigenvalue weighted by molar-refractivity contribution is 5.93. The van der Waals surface area contributed by atoms with Gasteiger partial charge in [0.1, 0.15) is 5.69 Å². The topological polar surface area (TPSA) is 70.7 Å². The van der Waals surface area contributed by atoms with Crippen molar-refractivity contribution in [2.24, 2.45) is 0 Å². The summed E-state index contributed by atoms with van der Waals surface area (Å²) in [5.41, 5.74) is 3.28. The minimum absolute atomic E-state index is 0.163. The number of nitrogens with zero attached hydrogens (tertiary/aromatic N) is 2. The number of aryl methyl sites for hydroxylation is 2. The van der Waals surface area contributed by atoms with Crippen molar-refractivity contribution in [3.63, 3.8) is 0 Å². The molecule has 0 aliphatic carbocycles. The van der Waals surface area contributed by atoms with Gasteiger partial charge >= 0.3 is 0 Å². The van der Waals surface area contributed by atoms with Crippen LogP contribution in [0.2, 0.25) is 0 Å². The van der Waals surface area contributed by atoms with Crippen molar-refractivity contribution in [3.05, 3.63) is 47.0 Å².